The molecular weight excluding hydrogens is 614 g/mol. The third kappa shape index (κ3) is 7.86. The summed E-state index contributed by atoms with van der Waals surface area (Å²) in [5, 5.41) is 2.87. The Bertz CT molecular complexity index is 1600. The number of hydrogen-bond donors (Lipinski definition) is 1. The van der Waals surface area contributed by atoms with Crippen LogP contribution in [0.25, 0.3) is 0 Å². The average molecular weight is 649 g/mol. The van der Waals surface area contributed by atoms with Gasteiger partial charge >= 0.3 is 0 Å². The lowest BCUT2D eigenvalue weighted by molar-refractivity contribution is -0.140. The normalized spacial score (nSPS) is 11.9. The third-order valence-corrected chi connectivity index (χ3v) is 9.08. The van der Waals surface area contributed by atoms with E-state index < -0.39 is 28.5 Å². The molecule has 0 saturated carbocycles. The van der Waals surface area contributed by atoms with Crippen molar-refractivity contribution in [3.63, 3.8) is 0 Å². The number of nitrogens with zero attached hydrogens (tertiary/aromatic N) is 2. The van der Waals surface area contributed by atoms with Gasteiger partial charge in [0.05, 0.1) is 10.6 Å². The fourth-order valence-corrected chi connectivity index (χ4v) is 6.50. The van der Waals surface area contributed by atoms with Crippen LogP contribution in [-0.2, 0) is 32.6 Å². The molecule has 4 aromatic carbocycles. The van der Waals surface area contributed by atoms with Crippen molar-refractivity contribution in [1.29, 1.82) is 0 Å². The number of anilines is 1. The molecule has 0 spiro atoms. The molecule has 0 aliphatic rings. The summed E-state index contributed by atoms with van der Waals surface area (Å²) in [6, 6.07) is 31.2. The monoisotopic (exact) mass is 647 g/mol. The van der Waals surface area contributed by atoms with Gasteiger partial charge in [0.2, 0.25) is 11.8 Å². The molecule has 4 aromatic rings. The summed E-state index contributed by atoms with van der Waals surface area (Å²) in [6.07, 6.45) is 0.266. The molecule has 1 atom stereocenters. The topological polar surface area (TPSA) is 86.8 Å². The van der Waals surface area contributed by atoms with Crippen molar-refractivity contribution in [2.24, 2.45) is 0 Å². The van der Waals surface area contributed by atoms with Gasteiger partial charge in [0.15, 0.2) is 0 Å². The summed E-state index contributed by atoms with van der Waals surface area (Å²) in [5.41, 5.74) is 2.95. The maximum absolute atomic E-state index is 14.3. The molecule has 42 heavy (non-hydrogen) atoms. The van der Waals surface area contributed by atoms with Crippen molar-refractivity contribution < 1.29 is 18.0 Å². The van der Waals surface area contributed by atoms with Crippen molar-refractivity contribution in [2.45, 2.75) is 37.8 Å². The van der Waals surface area contributed by atoms with Crippen molar-refractivity contribution in [3.8, 4) is 0 Å². The lowest BCUT2D eigenvalue weighted by Gasteiger charge is -2.33. The molecule has 1 unspecified atom stereocenters. The number of sulfonamides is 1. The van der Waals surface area contributed by atoms with Crippen molar-refractivity contribution in [2.75, 3.05) is 17.4 Å². The van der Waals surface area contributed by atoms with Crippen LogP contribution in [-0.4, -0.2) is 44.3 Å². The van der Waals surface area contributed by atoms with Gasteiger partial charge in [-0.05, 0) is 61.4 Å². The molecule has 1 N–H and O–H groups in total. The van der Waals surface area contributed by atoms with Crippen molar-refractivity contribution in [1.82, 2.24) is 10.2 Å². The minimum absolute atomic E-state index is 0.0767. The number of nitrogens with one attached hydrogen (secondary N) is 1. The first kappa shape index (κ1) is 31.0. The third-order valence-electron chi connectivity index (χ3n) is 6.80. The molecule has 0 aliphatic heterocycles. The van der Waals surface area contributed by atoms with Crippen LogP contribution < -0.4 is 9.62 Å². The second-order valence-electron chi connectivity index (χ2n) is 9.91. The van der Waals surface area contributed by atoms with E-state index in [1.54, 1.807) is 42.5 Å². The number of carbonyl (C=O) groups excluding carboxylic acids is 2. The largest absolute Gasteiger partial charge is 0.355 e. The molecule has 0 aliphatic carbocycles. The number of aryl methyl sites for hydroxylation is 1. The second-order valence-corrected chi connectivity index (χ2v) is 12.7. The van der Waals surface area contributed by atoms with Gasteiger partial charge in [-0.2, -0.15) is 0 Å². The Labute approximate surface area is 256 Å². The van der Waals surface area contributed by atoms with Gasteiger partial charge < -0.3 is 10.2 Å². The van der Waals surface area contributed by atoms with Gasteiger partial charge in [-0.15, -0.1) is 0 Å². The van der Waals surface area contributed by atoms with Crippen LogP contribution in [0.5, 0.6) is 0 Å². The summed E-state index contributed by atoms with van der Waals surface area (Å²) in [5.74, 6) is -0.806. The van der Waals surface area contributed by atoms with E-state index in [1.807, 2.05) is 68.4 Å². The number of carbonyl (C=O) groups is 2. The number of benzene rings is 4. The average Bonchev–Trinajstić information content (AvgIpc) is 2.99. The lowest BCUT2D eigenvalue weighted by atomic mass is 10.0. The second kappa shape index (κ2) is 14.3. The van der Waals surface area contributed by atoms with Gasteiger partial charge in [-0.1, -0.05) is 94.3 Å². The van der Waals surface area contributed by atoms with E-state index in [0.717, 1.165) is 25.5 Å². The fourth-order valence-electron chi connectivity index (χ4n) is 4.64. The number of rotatable bonds is 12. The van der Waals surface area contributed by atoms with Gasteiger partial charge in [0.1, 0.15) is 12.6 Å². The number of para-hydroxylation sites is 1. The van der Waals surface area contributed by atoms with Gasteiger partial charge in [0, 0.05) is 24.0 Å². The van der Waals surface area contributed by atoms with Crippen LogP contribution >= 0.6 is 15.9 Å². The fraction of sp³-hybridized carbons (Fsp3) is 0.212. The van der Waals surface area contributed by atoms with Crippen LogP contribution in [0.15, 0.2) is 119 Å². The van der Waals surface area contributed by atoms with E-state index >= 15 is 0 Å². The van der Waals surface area contributed by atoms with Crippen LogP contribution in [0.1, 0.15) is 23.6 Å². The first-order valence-electron chi connectivity index (χ1n) is 13.7. The van der Waals surface area contributed by atoms with E-state index in [0.29, 0.717) is 12.2 Å². The summed E-state index contributed by atoms with van der Waals surface area (Å²) in [6.45, 7) is 3.71. The molecule has 0 fully saturated rings. The Kier molecular flexibility index (Phi) is 10.5. The Morgan fingerprint density at radius 3 is 2.07 bits per heavy atom. The zero-order chi connectivity index (χ0) is 30.1. The van der Waals surface area contributed by atoms with Crippen LogP contribution in [0.3, 0.4) is 0 Å². The van der Waals surface area contributed by atoms with Gasteiger partial charge in [-0.25, -0.2) is 8.42 Å². The maximum Gasteiger partial charge on any atom is 0.264 e. The molecule has 7 nitrogen and oxygen atoms in total. The predicted octanol–water partition coefficient (Wildman–Crippen LogP) is 5.73. The Hall–Kier alpha value is -3.95. The molecule has 4 rings (SSSR count). The zero-order valence-corrected chi connectivity index (χ0v) is 26.0. The Morgan fingerprint density at radius 1 is 0.833 bits per heavy atom. The van der Waals surface area contributed by atoms with Crippen molar-refractivity contribution >= 4 is 43.5 Å². The zero-order valence-electron chi connectivity index (χ0n) is 23.6. The highest BCUT2D eigenvalue weighted by Gasteiger charge is 2.34. The molecular formula is C33H34BrN3O4S. The summed E-state index contributed by atoms with van der Waals surface area (Å²) in [4.78, 5) is 29.4. The number of likely N-dealkylation sites (N-methyl/N-ethyl adjacent to an activating group) is 1. The molecule has 0 bridgehead atoms. The molecule has 218 valence electrons. The first-order valence-corrected chi connectivity index (χ1v) is 15.9. The van der Waals surface area contributed by atoms with Crippen LogP contribution in [0, 0.1) is 6.92 Å². The van der Waals surface area contributed by atoms with Crippen LogP contribution in [0.4, 0.5) is 5.69 Å². The van der Waals surface area contributed by atoms with Crippen molar-refractivity contribution in [3.05, 3.63) is 130 Å². The molecule has 2 amide bonds. The van der Waals surface area contributed by atoms with E-state index in [1.165, 1.54) is 17.0 Å². The first-order chi connectivity index (χ1) is 20.2. The van der Waals surface area contributed by atoms with Gasteiger partial charge in [-0.3, -0.25) is 13.9 Å². The van der Waals surface area contributed by atoms with E-state index in [9.17, 15) is 18.0 Å². The highest BCUT2D eigenvalue weighted by molar-refractivity contribution is 9.10. The maximum atomic E-state index is 14.3. The van der Waals surface area contributed by atoms with Gasteiger partial charge in [0.25, 0.3) is 10.0 Å². The summed E-state index contributed by atoms with van der Waals surface area (Å²) >= 11 is 3.49. The lowest BCUT2D eigenvalue weighted by Crippen LogP contribution is -2.53. The number of amides is 2. The Balaban J connectivity index is 1.78. The standard InChI is InChI=1S/C33H34BrN3O4S/c1-3-35-33(39)31(22-26-11-6-4-7-12-26)36(23-27-13-10-14-28(34)21-27)32(38)24-37(29-15-8-5-9-16-29)42(40,41)30-19-17-25(2)18-20-30/h4-21,31H,3,22-24H2,1-2H3,(H,35,39). The predicted molar refractivity (Wildman–Crippen MR) is 169 cm³/mol. The highest BCUT2D eigenvalue weighted by atomic mass is 79.9. The molecule has 0 aromatic heterocycles. The molecule has 0 radical (unpaired) electrons. The quantitative estimate of drug-likeness (QED) is 0.213. The van der Waals surface area contributed by atoms with E-state index in [2.05, 4.69) is 21.2 Å². The van der Waals surface area contributed by atoms with E-state index in [4.69, 9.17) is 0 Å². The SMILES string of the molecule is CCNC(=O)C(Cc1ccccc1)N(Cc1cccc(Br)c1)C(=O)CN(c1ccccc1)S(=O)(=O)c1ccc(C)cc1. The highest BCUT2D eigenvalue weighted by Crippen LogP contribution is 2.25. The molecule has 0 heterocycles. The smallest absolute Gasteiger partial charge is 0.264 e. The number of hydrogen-bond acceptors (Lipinski definition) is 4. The molecule has 9 heteroatoms. The van der Waals surface area contributed by atoms with E-state index in [-0.39, 0.29) is 23.8 Å². The minimum Gasteiger partial charge on any atom is -0.355 e. The summed E-state index contributed by atoms with van der Waals surface area (Å²) < 4.78 is 29.9. The summed E-state index contributed by atoms with van der Waals surface area (Å²) in [7, 11) is -4.12. The number of halogens is 1. The Morgan fingerprint density at radius 2 is 1.45 bits per heavy atom. The molecule has 0 saturated heterocycles. The van der Waals surface area contributed by atoms with Crippen LogP contribution in [0.2, 0.25) is 0 Å². The minimum atomic E-state index is -4.12.